The number of nitrogens with one attached hydrogen (secondary N) is 1. The number of amides is 2. The molecule has 0 spiro atoms. The molecule has 42 heavy (non-hydrogen) atoms. The smallest absolute Gasteiger partial charge is 0.278 e. The number of rotatable bonds is 8. The molecule has 1 N–H and O–H groups in total. The van der Waals surface area contributed by atoms with Crippen LogP contribution in [0.4, 0.5) is 5.69 Å². The molecule has 0 radical (unpaired) electrons. The quantitative estimate of drug-likeness (QED) is 0.256. The summed E-state index contributed by atoms with van der Waals surface area (Å²) in [5.41, 5.74) is 2.67. The maximum absolute atomic E-state index is 13.9. The van der Waals surface area contributed by atoms with Crippen molar-refractivity contribution >= 4 is 17.5 Å². The highest BCUT2D eigenvalue weighted by atomic mass is 16.2. The van der Waals surface area contributed by atoms with Crippen LogP contribution in [-0.2, 0) is 5.54 Å². The lowest BCUT2D eigenvalue weighted by molar-refractivity contribution is 0.0932. The van der Waals surface area contributed by atoms with Gasteiger partial charge in [0.1, 0.15) is 11.2 Å². The molecule has 2 heterocycles. The predicted octanol–water partition coefficient (Wildman–Crippen LogP) is 5.46. The van der Waals surface area contributed by atoms with Crippen LogP contribution in [0.5, 0.6) is 0 Å². The highest BCUT2D eigenvalue weighted by Gasteiger charge is 2.41. The number of hydrogen-bond donors (Lipinski definition) is 1. The zero-order valence-corrected chi connectivity index (χ0v) is 23.4. The minimum Gasteiger partial charge on any atom is -0.348 e. The molecular weight excluding hydrogens is 524 g/mol. The van der Waals surface area contributed by atoms with E-state index in [1.165, 1.54) is 23.5 Å². The first-order chi connectivity index (χ1) is 20.6. The van der Waals surface area contributed by atoms with Crippen LogP contribution in [0.15, 0.2) is 116 Å². The largest absolute Gasteiger partial charge is 0.348 e. The lowest BCUT2D eigenvalue weighted by Gasteiger charge is -2.36. The van der Waals surface area contributed by atoms with E-state index in [0.29, 0.717) is 5.69 Å². The van der Waals surface area contributed by atoms with Gasteiger partial charge in [-0.25, -0.2) is 4.98 Å². The summed E-state index contributed by atoms with van der Waals surface area (Å²) in [6.07, 6.45) is 10.2. The van der Waals surface area contributed by atoms with Crippen LogP contribution in [0.2, 0.25) is 0 Å². The Morgan fingerprint density at radius 2 is 1.38 bits per heavy atom. The van der Waals surface area contributed by atoms with Gasteiger partial charge in [-0.2, -0.15) is 5.10 Å². The molecule has 0 unspecified atom stereocenters. The molecule has 0 atom stereocenters. The fourth-order valence-corrected chi connectivity index (χ4v) is 5.89. The normalized spacial score (nSPS) is 13.5. The molecule has 6 rings (SSSR count). The summed E-state index contributed by atoms with van der Waals surface area (Å²) < 4.78 is 1.83. The van der Waals surface area contributed by atoms with Gasteiger partial charge < -0.3 is 10.2 Å². The summed E-state index contributed by atoms with van der Waals surface area (Å²) in [5.74, 6) is -0.695. The van der Waals surface area contributed by atoms with Gasteiger partial charge in [-0.05, 0) is 29.5 Å². The summed E-state index contributed by atoms with van der Waals surface area (Å²) in [7, 11) is 1.64. The summed E-state index contributed by atoms with van der Waals surface area (Å²) in [6, 6.07) is 30.4. The topological polar surface area (TPSA) is 93.0 Å². The zero-order chi connectivity index (χ0) is 28.9. The fraction of sp³-hybridized carbons (Fsp3) is 0.206. The Morgan fingerprint density at radius 3 is 1.88 bits per heavy atom. The Balaban J connectivity index is 1.59. The highest BCUT2D eigenvalue weighted by Crippen LogP contribution is 2.41. The molecule has 0 bridgehead atoms. The monoisotopic (exact) mass is 556 g/mol. The van der Waals surface area contributed by atoms with E-state index in [1.54, 1.807) is 13.2 Å². The molecule has 2 amide bonds. The first-order valence-electron chi connectivity index (χ1n) is 14.2. The Bertz CT molecular complexity index is 1550. The lowest BCUT2D eigenvalue weighted by atomic mass is 9.77. The van der Waals surface area contributed by atoms with Gasteiger partial charge in [0.05, 0.1) is 18.1 Å². The van der Waals surface area contributed by atoms with Crippen molar-refractivity contribution in [1.29, 1.82) is 0 Å². The van der Waals surface area contributed by atoms with E-state index in [0.717, 1.165) is 42.4 Å². The molecule has 5 aromatic rings. The average molecular weight is 557 g/mol. The molecule has 1 aliphatic rings. The molecule has 8 heteroatoms. The van der Waals surface area contributed by atoms with Gasteiger partial charge in [0.25, 0.3) is 11.8 Å². The highest BCUT2D eigenvalue weighted by molar-refractivity contribution is 6.08. The van der Waals surface area contributed by atoms with Gasteiger partial charge in [-0.15, -0.1) is 0 Å². The van der Waals surface area contributed by atoms with E-state index in [1.807, 2.05) is 59.3 Å². The van der Waals surface area contributed by atoms with Crippen molar-refractivity contribution in [3.63, 3.8) is 0 Å². The summed E-state index contributed by atoms with van der Waals surface area (Å²) in [6.45, 7) is 0. The van der Waals surface area contributed by atoms with Gasteiger partial charge in [-0.1, -0.05) is 104 Å². The SMILES string of the molecule is CN(C(=O)c1cnccn1)c1cn(C(c2ccccc2)(c2ccccc2)c2ccccc2)nc1C(=O)NC1CCCC1. The van der Waals surface area contributed by atoms with E-state index in [4.69, 9.17) is 5.10 Å². The van der Waals surface area contributed by atoms with Gasteiger partial charge in [0.15, 0.2) is 5.69 Å². The van der Waals surface area contributed by atoms with Crippen LogP contribution >= 0.6 is 0 Å². The third-order valence-electron chi connectivity index (χ3n) is 7.97. The standard InChI is InChI=1S/C34H32N6O2/c1-39(33(42)29-23-35-21-22-36-29)30-24-40(38-31(30)32(41)37-28-19-11-12-20-28)34(25-13-5-2-6-14-25,26-15-7-3-8-16-26)27-17-9-4-10-18-27/h2-10,13-18,21-24,28H,11-12,19-20H2,1H3,(H,37,41). The van der Waals surface area contributed by atoms with Crippen molar-refractivity contribution in [3.05, 3.63) is 144 Å². The van der Waals surface area contributed by atoms with Crippen molar-refractivity contribution in [2.24, 2.45) is 0 Å². The number of hydrogen-bond acceptors (Lipinski definition) is 5. The number of benzene rings is 3. The van der Waals surface area contributed by atoms with Crippen LogP contribution in [0.1, 0.15) is 63.4 Å². The number of anilines is 1. The lowest BCUT2D eigenvalue weighted by Crippen LogP contribution is -2.39. The van der Waals surface area contributed by atoms with E-state index < -0.39 is 5.54 Å². The number of aromatic nitrogens is 4. The van der Waals surface area contributed by atoms with Crippen LogP contribution in [0.3, 0.4) is 0 Å². The van der Waals surface area contributed by atoms with Gasteiger partial charge in [0, 0.05) is 25.5 Å². The summed E-state index contributed by atoms with van der Waals surface area (Å²) in [5, 5.41) is 8.20. The number of carbonyl (C=O) groups excluding carboxylic acids is 2. The third-order valence-corrected chi connectivity index (χ3v) is 7.97. The Hall–Kier alpha value is -5.11. The van der Waals surface area contributed by atoms with Crippen molar-refractivity contribution < 1.29 is 9.59 Å². The molecule has 0 aliphatic heterocycles. The van der Waals surface area contributed by atoms with E-state index in [2.05, 4.69) is 51.7 Å². The number of nitrogens with zero attached hydrogens (tertiary/aromatic N) is 5. The molecule has 0 saturated heterocycles. The van der Waals surface area contributed by atoms with Crippen LogP contribution < -0.4 is 10.2 Å². The number of carbonyl (C=O) groups is 2. The van der Waals surface area contributed by atoms with E-state index >= 15 is 0 Å². The second kappa shape index (κ2) is 11.8. The summed E-state index contributed by atoms with van der Waals surface area (Å²) in [4.78, 5) is 37.2. The Kier molecular flexibility index (Phi) is 7.60. The molecular formula is C34H32N6O2. The predicted molar refractivity (Wildman–Crippen MR) is 161 cm³/mol. The van der Waals surface area contributed by atoms with Crippen molar-refractivity contribution in [3.8, 4) is 0 Å². The molecule has 2 aromatic heterocycles. The van der Waals surface area contributed by atoms with Crippen LogP contribution in [0.25, 0.3) is 0 Å². The van der Waals surface area contributed by atoms with Crippen molar-refractivity contribution in [1.82, 2.24) is 25.1 Å². The second-order valence-electron chi connectivity index (χ2n) is 10.5. The molecule has 210 valence electrons. The third kappa shape index (κ3) is 4.96. The molecule has 1 fully saturated rings. The first-order valence-corrected chi connectivity index (χ1v) is 14.2. The fourth-order valence-electron chi connectivity index (χ4n) is 5.89. The van der Waals surface area contributed by atoms with Crippen molar-refractivity contribution in [2.45, 2.75) is 37.3 Å². The van der Waals surface area contributed by atoms with Gasteiger partial charge in [-0.3, -0.25) is 19.3 Å². The van der Waals surface area contributed by atoms with Crippen LogP contribution in [-0.4, -0.2) is 44.7 Å². The minimum absolute atomic E-state index is 0.0821. The van der Waals surface area contributed by atoms with Crippen molar-refractivity contribution in [2.75, 3.05) is 11.9 Å². The average Bonchev–Trinajstić information content (AvgIpc) is 3.74. The molecule has 1 aliphatic carbocycles. The minimum atomic E-state index is -0.944. The molecule has 3 aromatic carbocycles. The second-order valence-corrected chi connectivity index (χ2v) is 10.5. The van der Waals surface area contributed by atoms with E-state index in [9.17, 15) is 9.59 Å². The van der Waals surface area contributed by atoms with Gasteiger partial charge in [0.2, 0.25) is 0 Å². The maximum Gasteiger partial charge on any atom is 0.278 e. The van der Waals surface area contributed by atoms with Gasteiger partial charge >= 0.3 is 0 Å². The maximum atomic E-state index is 13.9. The Morgan fingerprint density at radius 1 is 0.833 bits per heavy atom. The zero-order valence-electron chi connectivity index (χ0n) is 23.4. The molecule has 8 nitrogen and oxygen atoms in total. The molecule has 1 saturated carbocycles. The Labute approximate surface area is 245 Å². The first kappa shape index (κ1) is 27.1. The van der Waals surface area contributed by atoms with Crippen LogP contribution in [0, 0.1) is 0 Å². The summed E-state index contributed by atoms with van der Waals surface area (Å²) >= 11 is 0. The van der Waals surface area contributed by atoms with E-state index in [-0.39, 0.29) is 29.2 Å².